The lowest BCUT2D eigenvalue weighted by Crippen LogP contribution is -2.38. The summed E-state index contributed by atoms with van der Waals surface area (Å²) in [5.41, 5.74) is 0. The van der Waals surface area contributed by atoms with E-state index in [0.717, 1.165) is 25.7 Å². The van der Waals surface area contributed by atoms with Gasteiger partial charge in [-0.1, -0.05) is 39.5 Å². The second kappa shape index (κ2) is 9.32. The van der Waals surface area contributed by atoms with Gasteiger partial charge in [0.1, 0.15) is 0 Å². The summed E-state index contributed by atoms with van der Waals surface area (Å²) in [4.78, 5) is 12.0. The van der Waals surface area contributed by atoms with Crippen LogP contribution >= 0.6 is 0 Å². The van der Waals surface area contributed by atoms with Crippen LogP contribution in [0, 0.1) is 11.8 Å². The number of nitrogens with one attached hydrogen (secondary N) is 1. The van der Waals surface area contributed by atoms with Crippen LogP contribution in [0.15, 0.2) is 0 Å². The Morgan fingerprint density at radius 3 is 2.42 bits per heavy atom. The molecule has 1 saturated carbocycles. The summed E-state index contributed by atoms with van der Waals surface area (Å²) >= 11 is 0. The van der Waals surface area contributed by atoms with Crippen molar-refractivity contribution in [2.24, 2.45) is 11.8 Å². The van der Waals surface area contributed by atoms with Gasteiger partial charge >= 0.3 is 0 Å². The monoisotopic (exact) mass is 271 g/mol. The highest BCUT2D eigenvalue weighted by Crippen LogP contribution is 2.22. The number of aliphatic hydroxyl groups is 1. The second-order valence-electron chi connectivity index (χ2n) is 6.02. The van der Waals surface area contributed by atoms with E-state index in [2.05, 4.69) is 19.2 Å². The average Bonchev–Trinajstić information content (AvgIpc) is 2.64. The van der Waals surface area contributed by atoms with Gasteiger partial charge in [-0.05, 0) is 18.8 Å². The molecule has 112 valence electrons. The Labute approximate surface area is 116 Å². The zero-order chi connectivity index (χ0) is 14.1. The number of rotatable bonds is 7. The molecule has 1 fully saturated rings. The third-order valence-electron chi connectivity index (χ3n) is 3.50. The molecule has 0 aliphatic heterocycles. The summed E-state index contributed by atoms with van der Waals surface area (Å²) in [5, 5.41) is 12.6. The molecule has 0 aromatic heterocycles. The van der Waals surface area contributed by atoms with E-state index >= 15 is 0 Å². The lowest BCUT2D eigenvalue weighted by molar-refractivity contribution is -0.126. The number of aliphatic hydroxyl groups excluding tert-OH is 1. The third-order valence-corrected chi connectivity index (χ3v) is 3.50. The molecule has 1 unspecified atom stereocenters. The van der Waals surface area contributed by atoms with Crippen molar-refractivity contribution < 1.29 is 14.6 Å². The largest absolute Gasteiger partial charge is 0.389 e. The Balaban J connectivity index is 2.14. The zero-order valence-corrected chi connectivity index (χ0v) is 12.4. The lowest BCUT2D eigenvalue weighted by atomic mass is 9.99. The van der Waals surface area contributed by atoms with Crippen LogP contribution in [0.3, 0.4) is 0 Å². The molecule has 0 aromatic carbocycles. The molecule has 1 rings (SSSR count). The maximum absolute atomic E-state index is 12.0. The van der Waals surface area contributed by atoms with Crippen molar-refractivity contribution >= 4 is 5.91 Å². The Bertz CT molecular complexity index is 248. The number of hydrogen-bond acceptors (Lipinski definition) is 3. The Morgan fingerprint density at radius 1 is 1.21 bits per heavy atom. The van der Waals surface area contributed by atoms with Crippen LogP contribution < -0.4 is 5.32 Å². The molecule has 0 spiro atoms. The molecule has 4 nitrogen and oxygen atoms in total. The van der Waals surface area contributed by atoms with Crippen LogP contribution in [0.5, 0.6) is 0 Å². The fourth-order valence-electron chi connectivity index (χ4n) is 2.40. The molecule has 0 aromatic rings. The maximum atomic E-state index is 12.0. The number of carbonyl (C=O) groups is 1. The van der Waals surface area contributed by atoms with Gasteiger partial charge in [-0.2, -0.15) is 0 Å². The van der Waals surface area contributed by atoms with E-state index in [1.54, 1.807) is 0 Å². The van der Waals surface area contributed by atoms with E-state index in [9.17, 15) is 9.90 Å². The fourth-order valence-corrected chi connectivity index (χ4v) is 2.40. The van der Waals surface area contributed by atoms with Crippen molar-refractivity contribution in [2.75, 3.05) is 19.8 Å². The first-order valence-electron chi connectivity index (χ1n) is 7.63. The summed E-state index contributed by atoms with van der Waals surface area (Å²) in [7, 11) is 0. The molecule has 0 saturated heterocycles. The summed E-state index contributed by atoms with van der Waals surface area (Å²) in [6, 6.07) is 0. The first-order valence-corrected chi connectivity index (χ1v) is 7.63. The number of amides is 1. The standard InChI is InChI=1S/C15H29NO3/c1-12(2)10-19-11-14(17)9-16-15(18)13-7-5-3-4-6-8-13/h12-14,17H,3-11H2,1-2H3,(H,16,18). The highest BCUT2D eigenvalue weighted by molar-refractivity contribution is 5.78. The average molecular weight is 271 g/mol. The minimum Gasteiger partial charge on any atom is -0.389 e. The first kappa shape index (κ1) is 16.4. The van der Waals surface area contributed by atoms with Crippen LogP contribution in [0.25, 0.3) is 0 Å². The fraction of sp³-hybridized carbons (Fsp3) is 0.933. The SMILES string of the molecule is CC(C)COCC(O)CNC(=O)C1CCCCCC1. The van der Waals surface area contributed by atoms with Crippen LogP contribution in [0.2, 0.25) is 0 Å². The molecular weight excluding hydrogens is 242 g/mol. The topological polar surface area (TPSA) is 58.6 Å². The van der Waals surface area contributed by atoms with Crippen molar-refractivity contribution in [3.8, 4) is 0 Å². The molecule has 1 aliphatic rings. The molecule has 0 heterocycles. The highest BCUT2D eigenvalue weighted by atomic mass is 16.5. The van der Waals surface area contributed by atoms with E-state index in [0.29, 0.717) is 25.7 Å². The van der Waals surface area contributed by atoms with Gasteiger partial charge in [0.2, 0.25) is 5.91 Å². The van der Waals surface area contributed by atoms with E-state index < -0.39 is 6.10 Å². The Kier molecular flexibility index (Phi) is 8.07. The summed E-state index contributed by atoms with van der Waals surface area (Å²) in [5.74, 6) is 0.712. The summed E-state index contributed by atoms with van der Waals surface area (Å²) in [6.45, 7) is 5.38. The van der Waals surface area contributed by atoms with E-state index in [-0.39, 0.29) is 11.8 Å². The third kappa shape index (κ3) is 7.53. The number of ether oxygens (including phenoxy) is 1. The van der Waals surface area contributed by atoms with E-state index in [4.69, 9.17) is 4.74 Å². The Hall–Kier alpha value is -0.610. The molecular formula is C15H29NO3. The lowest BCUT2D eigenvalue weighted by Gasteiger charge is -2.17. The smallest absolute Gasteiger partial charge is 0.223 e. The predicted molar refractivity (Wildman–Crippen MR) is 75.9 cm³/mol. The molecule has 1 amide bonds. The number of hydrogen-bond donors (Lipinski definition) is 2. The second-order valence-corrected chi connectivity index (χ2v) is 6.02. The number of carbonyl (C=O) groups excluding carboxylic acids is 1. The van der Waals surface area contributed by atoms with Crippen molar-refractivity contribution in [3.05, 3.63) is 0 Å². The van der Waals surface area contributed by atoms with Crippen molar-refractivity contribution in [3.63, 3.8) is 0 Å². The maximum Gasteiger partial charge on any atom is 0.223 e. The molecule has 4 heteroatoms. The minimum atomic E-state index is -0.603. The van der Waals surface area contributed by atoms with E-state index in [1.165, 1.54) is 12.8 Å². The van der Waals surface area contributed by atoms with Gasteiger partial charge in [0, 0.05) is 19.1 Å². The van der Waals surface area contributed by atoms with Gasteiger partial charge in [0.05, 0.1) is 12.7 Å². The van der Waals surface area contributed by atoms with Gasteiger partial charge in [0.15, 0.2) is 0 Å². The van der Waals surface area contributed by atoms with Crippen LogP contribution in [-0.4, -0.2) is 36.9 Å². The van der Waals surface area contributed by atoms with Crippen LogP contribution in [-0.2, 0) is 9.53 Å². The predicted octanol–water partition coefficient (Wildman–Crippen LogP) is 2.11. The zero-order valence-electron chi connectivity index (χ0n) is 12.4. The van der Waals surface area contributed by atoms with Crippen LogP contribution in [0.4, 0.5) is 0 Å². The molecule has 19 heavy (non-hydrogen) atoms. The van der Waals surface area contributed by atoms with Crippen LogP contribution in [0.1, 0.15) is 52.4 Å². The van der Waals surface area contributed by atoms with Gasteiger partial charge in [0.25, 0.3) is 0 Å². The van der Waals surface area contributed by atoms with Gasteiger partial charge < -0.3 is 15.2 Å². The van der Waals surface area contributed by atoms with Crippen molar-refractivity contribution in [2.45, 2.75) is 58.5 Å². The minimum absolute atomic E-state index is 0.102. The van der Waals surface area contributed by atoms with E-state index in [1.807, 2.05) is 0 Å². The molecule has 1 atom stereocenters. The molecule has 2 N–H and O–H groups in total. The first-order chi connectivity index (χ1) is 9.09. The molecule has 1 aliphatic carbocycles. The summed E-state index contributed by atoms with van der Waals surface area (Å²) in [6.07, 6.45) is 6.17. The van der Waals surface area contributed by atoms with Crippen molar-refractivity contribution in [1.82, 2.24) is 5.32 Å². The molecule has 0 radical (unpaired) electrons. The highest BCUT2D eigenvalue weighted by Gasteiger charge is 2.20. The quantitative estimate of drug-likeness (QED) is 0.697. The molecule has 0 bridgehead atoms. The van der Waals surface area contributed by atoms with Gasteiger partial charge in [-0.3, -0.25) is 4.79 Å². The van der Waals surface area contributed by atoms with Gasteiger partial charge in [-0.15, -0.1) is 0 Å². The Morgan fingerprint density at radius 2 is 1.84 bits per heavy atom. The van der Waals surface area contributed by atoms with Gasteiger partial charge in [-0.25, -0.2) is 0 Å². The summed E-state index contributed by atoms with van der Waals surface area (Å²) < 4.78 is 5.35. The normalized spacial score (nSPS) is 19.2. The van der Waals surface area contributed by atoms with Crippen molar-refractivity contribution in [1.29, 1.82) is 0 Å².